The highest BCUT2D eigenvalue weighted by Crippen LogP contribution is 2.04. The van der Waals surface area contributed by atoms with Gasteiger partial charge in [-0.3, -0.25) is 0 Å². The Morgan fingerprint density at radius 1 is 1.73 bits per heavy atom. The Labute approximate surface area is 66.0 Å². The number of hydrogen-bond donors (Lipinski definition) is 0. The van der Waals surface area contributed by atoms with Crippen molar-refractivity contribution in [3.05, 3.63) is 11.6 Å². The van der Waals surface area contributed by atoms with Crippen LogP contribution in [-0.4, -0.2) is 18.7 Å². The highest BCUT2D eigenvalue weighted by atomic mass is 19.1. The molecule has 0 spiro atoms. The van der Waals surface area contributed by atoms with Crippen molar-refractivity contribution in [2.24, 2.45) is 0 Å². The number of esters is 1. The number of halogens is 1. The number of carbonyl (C=O) groups excluding carboxylic acids is 1. The van der Waals surface area contributed by atoms with Crippen LogP contribution in [0.5, 0.6) is 0 Å². The van der Waals surface area contributed by atoms with Gasteiger partial charge in [0.1, 0.15) is 6.17 Å². The summed E-state index contributed by atoms with van der Waals surface area (Å²) in [7, 11) is 0. The van der Waals surface area contributed by atoms with Crippen molar-refractivity contribution in [2.75, 3.05) is 6.61 Å². The topological polar surface area (TPSA) is 26.3 Å². The first-order chi connectivity index (χ1) is 5.07. The molecule has 64 valence electrons. The summed E-state index contributed by atoms with van der Waals surface area (Å²) in [5.41, 5.74) is 0.392. The summed E-state index contributed by atoms with van der Waals surface area (Å²) in [6.07, 6.45) is 0.0909. The van der Waals surface area contributed by atoms with Crippen molar-refractivity contribution in [3.63, 3.8) is 0 Å². The summed E-state index contributed by atoms with van der Waals surface area (Å²) in [6, 6.07) is 0. The Bertz CT molecular complexity index is 161. The van der Waals surface area contributed by atoms with E-state index >= 15 is 0 Å². The third-order valence-corrected chi connectivity index (χ3v) is 1.26. The molecule has 0 fully saturated rings. The lowest BCUT2D eigenvalue weighted by Gasteiger charge is -2.00. The molecule has 0 radical (unpaired) electrons. The van der Waals surface area contributed by atoms with E-state index in [1.54, 1.807) is 13.8 Å². The second-order valence-corrected chi connectivity index (χ2v) is 2.26. The number of allylic oxidation sites excluding steroid dienone is 1. The Balaban J connectivity index is 3.97. The summed E-state index contributed by atoms with van der Waals surface area (Å²) in [6.45, 7) is 4.97. The Morgan fingerprint density at radius 2 is 2.27 bits per heavy atom. The predicted octanol–water partition coefficient (Wildman–Crippen LogP) is 1.85. The quantitative estimate of drug-likeness (QED) is 0.465. The molecule has 0 N–H and O–H groups in total. The van der Waals surface area contributed by atoms with E-state index in [-0.39, 0.29) is 0 Å². The van der Waals surface area contributed by atoms with Crippen LogP contribution in [0.25, 0.3) is 0 Å². The first-order valence-corrected chi connectivity index (χ1v) is 3.57. The lowest BCUT2D eigenvalue weighted by Crippen LogP contribution is -2.03. The van der Waals surface area contributed by atoms with Crippen molar-refractivity contribution in [1.29, 1.82) is 0 Å². The third kappa shape index (κ3) is 4.53. The maximum Gasteiger partial charge on any atom is 0.330 e. The van der Waals surface area contributed by atoms with Gasteiger partial charge < -0.3 is 4.74 Å². The molecule has 3 heteroatoms. The molecule has 1 atom stereocenters. The predicted molar refractivity (Wildman–Crippen MR) is 41.0 cm³/mol. The summed E-state index contributed by atoms with van der Waals surface area (Å²) < 4.78 is 17.0. The fourth-order valence-electron chi connectivity index (χ4n) is 0.485. The molecule has 0 aromatic heterocycles. The molecule has 0 saturated heterocycles. The summed E-state index contributed by atoms with van der Waals surface area (Å²) in [5.74, 6) is -0.477. The van der Waals surface area contributed by atoms with Gasteiger partial charge in [0.15, 0.2) is 0 Å². The first kappa shape index (κ1) is 10.1. The van der Waals surface area contributed by atoms with Crippen molar-refractivity contribution < 1.29 is 13.9 Å². The normalized spacial score (nSPS) is 14.4. The fraction of sp³-hybridized carbons (Fsp3) is 0.625. The zero-order chi connectivity index (χ0) is 8.85. The number of ether oxygens (including phenoxy) is 1. The molecule has 0 unspecified atom stereocenters. The van der Waals surface area contributed by atoms with Crippen LogP contribution < -0.4 is 0 Å². The fourth-order valence-corrected chi connectivity index (χ4v) is 0.485. The van der Waals surface area contributed by atoms with Crippen LogP contribution in [0.2, 0.25) is 0 Å². The largest absolute Gasteiger partial charge is 0.463 e. The van der Waals surface area contributed by atoms with Crippen LogP contribution in [0.15, 0.2) is 11.6 Å². The van der Waals surface area contributed by atoms with Gasteiger partial charge in [-0.25, -0.2) is 9.18 Å². The van der Waals surface area contributed by atoms with E-state index in [0.29, 0.717) is 12.2 Å². The SMILES string of the molecule is CCOC(=O)/C=C(/C)[C@H](C)F. The molecule has 0 aliphatic rings. The molecule has 0 heterocycles. The van der Waals surface area contributed by atoms with Gasteiger partial charge in [-0.2, -0.15) is 0 Å². The molecule has 0 aromatic rings. The van der Waals surface area contributed by atoms with E-state index in [0.717, 1.165) is 0 Å². The second-order valence-electron chi connectivity index (χ2n) is 2.26. The molecule has 0 bridgehead atoms. The van der Waals surface area contributed by atoms with Crippen molar-refractivity contribution >= 4 is 5.97 Å². The van der Waals surface area contributed by atoms with Gasteiger partial charge in [0.25, 0.3) is 0 Å². The molecule has 11 heavy (non-hydrogen) atoms. The molecule has 0 saturated carbocycles. The van der Waals surface area contributed by atoms with Gasteiger partial charge in [-0.1, -0.05) is 0 Å². The molecular formula is C8H13FO2. The van der Waals surface area contributed by atoms with Crippen LogP contribution in [0.1, 0.15) is 20.8 Å². The van der Waals surface area contributed by atoms with Crippen LogP contribution in [-0.2, 0) is 9.53 Å². The molecule has 0 aromatic carbocycles. The Hall–Kier alpha value is -0.860. The molecule has 0 aliphatic carbocycles. The third-order valence-electron chi connectivity index (χ3n) is 1.26. The van der Waals surface area contributed by atoms with E-state index < -0.39 is 12.1 Å². The number of rotatable bonds is 3. The average molecular weight is 160 g/mol. The monoisotopic (exact) mass is 160 g/mol. The standard InChI is InChI=1S/C8H13FO2/c1-4-11-8(10)5-6(2)7(3)9/h5,7H,4H2,1-3H3/b6-5-/t7-/m0/s1. The molecule has 0 amide bonds. The summed E-state index contributed by atoms with van der Waals surface area (Å²) in [5, 5.41) is 0. The van der Waals surface area contributed by atoms with Gasteiger partial charge >= 0.3 is 5.97 Å². The smallest absolute Gasteiger partial charge is 0.330 e. The first-order valence-electron chi connectivity index (χ1n) is 3.57. The van der Waals surface area contributed by atoms with E-state index in [9.17, 15) is 9.18 Å². The zero-order valence-corrected chi connectivity index (χ0v) is 7.06. The lowest BCUT2D eigenvalue weighted by atomic mass is 10.2. The molecular weight excluding hydrogens is 147 g/mol. The van der Waals surface area contributed by atoms with E-state index in [1.165, 1.54) is 13.0 Å². The number of alkyl halides is 1. The molecule has 0 rings (SSSR count). The average Bonchev–Trinajstić information content (AvgIpc) is 1.87. The molecule has 0 aliphatic heterocycles. The zero-order valence-electron chi connectivity index (χ0n) is 7.06. The van der Waals surface area contributed by atoms with E-state index in [2.05, 4.69) is 4.74 Å². The van der Waals surface area contributed by atoms with Gasteiger partial charge in [0, 0.05) is 6.08 Å². The van der Waals surface area contributed by atoms with Crippen molar-refractivity contribution in [1.82, 2.24) is 0 Å². The van der Waals surface area contributed by atoms with Crippen LogP contribution in [0.3, 0.4) is 0 Å². The van der Waals surface area contributed by atoms with E-state index in [4.69, 9.17) is 0 Å². The minimum Gasteiger partial charge on any atom is -0.463 e. The summed E-state index contributed by atoms with van der Waals surface area (Å²) in [4.78, 5) is 10.7. The number of carbonyl (C=O) groups is 1. The Kier molecular flexibility index (Phi) is 4.50. The van der Waals surface area contributed by atoms with Crippen molar-refractivity contribution in [3.8, 4) is 0 Å². The van der Waals surface area contributed by atoms with Gasteiger partial charge in [0.05, 0.1) is 6.61 Å². The van der Waals surface area contributed by atoms with Gasteiger partial charge in [0.2, 0.25) is 0 Å². The molecule has 2 nitrogen and oxygen atoms in total. The maximum atomic E-state index is 12.4. The van der Waals surface area contributed by atoms with E-state index in [1.807, 2.05) is 0 Å². The van der Waals surface area contributed by atoms with Gasteiger partial charge in [-0.15, -0.1) is 0 Å². The van der Waals surface area contributed by atoms with Crippen LogP contribution in [0, 0.1) is 0 Å². The highest BCUT2D eigenvalue weighted by Gasteiger charge is 2.03. The number of hydrogen-bond acceptors (Lipinski definition) is 2. The van der Waals surface area contributed by atoms with Crippen LogP contribution >= 0.6 is 0 Å². The highest BCUT2D eigenvalue weighted by molar-refractivity contribution is 5.82. The van der Waals surface area contributed by atoms with Crippen LogP contribution in [0.4, 0.5) is 4.39 Å². The van der Waals surface area contributed by atoms with Crippen molar-refractivity contribution in [2.45, 2.75) is 26.9 Å². The minimum atomic E-state index is -1.08. The minimum absolute atomic E-state index is 0.323. The van der Waals surface area contributed by atoms with Gasteiger partial charge in [-0.05, 0) is 26.3 Å². The maximum absolute atomic E-state index is 12.4. The lowest BCUT2D eigenvalue weighted by molar-refractivity contribution is -0.137. The summed E-state index contributed by atoms with van der Waals surface area (Å²) >= 11 is 0. The Morgan fingerprint density at radius 3 is 2.64 bits per heavy atom. The second kappa shape index (κ2) is 4.88.